The summed E-state index contributed by atoms with van der Waals surface area (Å²) >= 11 is 0. The van der Waals surface area contributed by atoms with Crippen LogP contribution in [0.4, 0.5) is 9.57 Å². The van der Waals surface area contributed by atoms with Crippen molar-refractivity contribution in [3.8, 4) is 0 Å². The summed E-state index contributed by atoms with van der Waals surface area (Å²) in [6.07, 6.45) is 17.0. The minimum absolute atomic E-state index is 0.0361. The molecule has 23 heteroatoms. The van der Waals surface area contributed by atoms with E-state index < -0.39 is 44.4 Å². The number of hydrogen-bond acceptors (Lipinski definition) is 15. The number of likely N-dealkylation sites (tertiary alicyclic amines) is 1. The van der Waals surface area contributed by atoms with Crippen LogP contribution >= 0.6 is 0 Å². The molecule has 3 aliphatic carbocycles. The molecule has 0 spiro atoms. The number of nitrogens with one attached hydrogen (secondary N) is 2. The zero-order chi connectivity index (χ0) is 66.6. The second kappa shape index (κ2) is 37.8. The predicted octanol–water partition coefficient (Wildman–Crippen LogP) is 9.54. The lowest BCUT2D eigenvalue weighted by molar-refractivity contribution is -0.134. The van der Waals surface area contributed by atoms with Crippen molar-refractivity contribution in [1.82, 2.24) is 15.1 Å². The number of amides is 4. The number of nitrogens with zero attached hydrogens (tertiary/aromatic N) is 5. The van der Waals surface area contributed by atoms with Gasteiger partial charge in [-0.25, -0.2) is 0 Å². The smallest absolute Gasteiger partial charge is 0.332 e. The van der Waals surface area contributed by atoms with E-state index in [2.05, 4.69) is 69.2 Å². The molecule has 1 aliphatic heterocycles. The summed E-state index contributed by atoms with van der Waals surface area (Å²) in [5, 5.41) is 10.0. The number of nitrogens with two attached hydrogens (primary N) is 3. The first-order chi connectivity index (χ1) is 45.0. The highest BCUT2D eigenvalue weighted by molar-refractivity contribution is 7.86. The monoisotopic (exact) mass is 1300 g/mol. The van der Waals surface area contributed by atoms with Gasteiger partial charge in [-0.15, -0.1) is 3.89 Å². The number of ether oxygens (including phenoxy) is 3. The summed E-state index contributed by atoms with van der Waals surface area (Å²) in [4.78, 5) is 87.1. The van der Waals surface area contributed by atoms with E-state index in [-0.39, 0.29) is 120 Å². The molecule has 0 aromatic heterocycles. The molecule has 2 atom stereocenters. The highest BCUT2D eigenvalue weighted by Crippen LogP contribution is 2.61. The number of carbonyl (C=O) groups is 6. The molecule has 506 valence electrons. The Kier molecular flexibility index (Phi) is 29.9. The van der Waals surface area contributed by atoms with Gasteiger partial charge in [-0.3, -0.25) is 28.8 Å². The lowest BCUT2D eigenvalue weighted by atomic mass is 9.51. The van der Waals surface area contributed by atoms with Crippen LogP contribution in [0, 0.1) is 0 Å². The Morgan fingerprint density at radius 1 is 0.634 bits per heavy atom. The number of azide groups is 1. The first-order valence-corrected chi connectivity index (χ1v) is 34.9. The van der Waals surface area contributed by atoms with E-state index in [1.165, 1.54) is 9.80 Å². The van der Waals surface area contributed by atoms with Crippen LogP contribution in [0.3, 0.4) is 0 Å². The third-order valence-corrected chi connectivity index (χ3v) is 18.9. The number of unbranched alkanes of at least 4 members (excludes halogenated alkanes) is 12. The number of ketones is 2. The molecule has 4 amide bonds. The van der Waals surface area contributed by atoms with E-state index in [4.69, 9.17) is 36.9 Å². The third-order valence-electron chi connectivity index (χ3n) is 18.0. The summed E-state index contributed by atoms with van der Waals surface area (Å²) in [6, 6.07) is 21.6. The molecule has 2 bridgehead atoms. The molecule has 4 aliphatic rings. The van der Waals surface area contributed by atoms with Crippen molar-refractivity contribution in [2.24, 2.45) is 22.3 Å². The van der Waals surface area contributed by atoms with Gasteiger partial charge < -0.3 is 51.8 Å². The van der Waals surface area contributed by atoms with Crippen molar-refractivity contribution in [2.75, 3.05) is 91.3 Å². The molecule has 4 aromatic carbocycles. The second-order valence-electron chi connectivity index (χ2n) is 24.9. The Labute approximate surface area is 548 Å². The molecular weight excluding hydrogens is 1210 g/mol. The van der Waals surface area contributed by atoms with E-state index in [1.807, 2.05) is 6.07 Å². The molecule has 0 unspecified atom stereocenters. The van der Waals surface area contributed by atoms with Crippen LogP contribution in [-0.4, -0.2) is 151 Å². The van der Waals surface area contributed by atoms with Gasteiger partial charge in [0.15, 0.2) is 0 Å². The quantitative estimate of drug-likeness (QED) is 0.00905. The molecule has 21 nitrogen and oxygen atoms in total. The van der Waals surface area contributed by atoms with Crippen LogP contribution in [0.5, 0.6) is 0 Å². The molecular formula is C70H97FN10O11S. The van der Waals surface area contributed by atoms with Crippen LogP contribution in [0.25, 0.3) is 10.4 Å². The maximum Gasteiger partial charge on any atom is 0.332 e. The normalized spacial score (nSPS) is 16.9. The first kappa shape index (κ1) is 73.5. The van der Waals surface area contributed by atoms with Gasteiger partial charge in [0, 0.05) is 92.7 Å². The van der Waals surface area contributed by atoms with Gasteiger partial charge in [0.25, 0.3) is 5.91 Å². The van der Waals surface area contributed by atoms with E-state index in [9.17, 15) is 41.1 Å². The van der Waals surface area contributed by atoms with Crippen molar-refractivity contribution in [3.63, 3.8) is 0 Å². The zero-order valence-electron chi connectivity index (χ0n) is 54.2. The number of likely N-dealkylation sites (N-methyl/N-ethyl adjacent to an activating group) is 1. The number of carbonyl (C=O) groups excluding carboxylic acids is 6. The fraction of sp³-hybridized carbons (Fsp3) is 0.571. The summed E-state index contributed by atoms with van der Waals surface area (Å²) in [5.74, 6) is -1.07. The average molecular weight is 1310 g/mol. The predicted molar refractivity (Wildman–Crippen MR) is 356 cm³/mol. The van der Waals surface area contributed by atoms with Crippen molar-refractivity contribution in [2.45, 2.75) is 176 Å². The van der Waals surface area contributed by atoms with Gasteiger partial charge in [0.05, 0.1) is 50.6 Å². The number of halogens is 1. The average Bonchev–Trinajstić information content (AvgIpc) is 0.994. The summed E-state index contributed by atoms with van der Waals surface area (Å²) in [5.41, 5.74) is 34.2. The molecule has 0 saturated carbocycles. The largest absolute Gasteiger partial charge is 0.377 e. The maximum absolute atomic E-state index is 14.2. The Balaban J connectivity index is 0.967. The Bertz CT molecular complexity index is 3110. The molecule has 0 radical (unpaired) electrons. The van der Waals surface area contributed by atoms with Gasteiger partial charge in [-0.2, -0.15) is 8.42 Å². The van der Waals surface area contributed by atoms with Gasteiger partial charge in [0.2, 0.25) is 17.7 Å². The van der Waals surface area contributed by atoms with Crippen LogP contribution in [-0.2, 0) is 66.7 Å². The summed E-state index contributed by atoms with van der Waals surface area (Å²) in [6.45, 7) is 3.71. The topological polar surface area (TPSA) is 322 Å². The van der Waals surface area contributed by atoms with Gasteiger partial charge in [-0.05, 0) is 157 Å². The molecule has 93 heavy (non-hydrogen) atoms. The van der Waals surface area contributed by atoms with Crippen molar-refractivity contribution in [3.05, 3.63) is 139 Å². The fourth-order valence-electron chi connectivity index (χ4n) is 13.2. The standard InChI is InChI=1S/C70H97FN10O11S/c1-80(69(87)64-48-54(78-79-75)49-81(64)68(86)52-22-25-57(26-23-52)93(71,88)89)36-38-91-40-42-92-41-39-90-37-35-76-65(84)30-31-70-61-45-50(43-55(82)17-11-5-2-8-14-32-72)20-27-58(61)67(59-28-21-51(46-62(59)70)44-56(83)18-12-6-3-9-15-33-73)60-29-24-53(47-63(60)70)77-66(85)19-13-7-4-10-16-34-74/h20-29,45-47,54,64,67H,2-19,30-44,48-49,72-74H2,1H3,(H,76,84)(H,77,85)/t54-,64-,67?,70?/m0/s1. The van der Waals surface area contributed by atoms with Crippen LogP contribution in [0.1, 0.15) is 196 Å². The minimum Gasteiger partial charge on any atom is -0.377 e. The third kappa shape index (κ3) is 21.3. The number of Topliss-reactive ketones (excluding diaryl/α,β-unsaturated/α-hetero) is 2. The van der Waals surface area contributed by atoms with E-state index in [0.717, 1.165) is 165 Å². The van der Waals surface area contributed by atoms with E-state index in [0.29, 0.717) is 51.0 Å². The SMILES string of the molecule is CN(CCOCCOCCOCCNC(=O)CCC12c3cc(CC(=O)CCCCCCCN)ccc3C(c3ccc(CC(=O)CCCCCCCN)cc31)c1ccc(NC(=O)CCCCCCCN)cc12)C(=O)[C@@H]1C[C@H](N=[N+]=[N-])CN1C(=O)c1ccc(S(=O)(=O)F)cc1. The lowest BCUT2D eigenvalue weighted by Gasteiger charge is -2.51. The number of rotatable bonds is 45. The summed E-state index contributed by atoms with van der Waals surface area (Å²) < 4.78 is 53.4. The summed E-state index contributed by atoms with van der Waals surface area (Å²) in [7, 11) is -3.42. The first-order valence-electron chi connectivity index (χ1n) is 33.5. The fourth-order valence-corrected chi connectivity index (χ4v) is 13.7. The Morgan fingerprint density at radius 3 is 1.67 bits per heavy atom. The van der Waals surface area contributed by atoms with Gasteiger partial charge in [0.1, 0.15) is 17.6 Å². The molecule has 1 fully saturated rings. The molecule has 1 saturated heterocycles. The molecule has 1 heterocycles. The van der Waals surface area contributed by atoms with E-state index >= 15 is 0 Å². The van der Waals surface area contributed by atoms with Crippen molar-refractivity contribution in [1.29, 1.82) is 0 Å². The Morgan fingerprint density at radius 2 is 1.13 bits per heavy atom. The lowest BCUT2D eigenvalue weighted by Crippen LogP contribution is -2.47. The number of anilines is 1. The minimum atomic E-state index is -4.98. The van der Waals surface area contributed by atoms with E-state index in [1.54, 1.807) is 7.05 Å². The van der Waals surface area contributed by atoms with Crippen molar-refractivity contribution < 1.29 is 55.3 Å². The van der Waals surface area contributed by atoms with Gasteiger partial charge in [-0.1, -0.05) is 105 Å². The molecule has 4 aromatic rings. The molecule has 8 rings (SSSR count). The number of benzene rings is 4. The second-order valence-corrected chi connectivity index (χ2v) is 26.2. The van der Waals surface area contributed by atoms with Crippen LogP contribution < -0.4 is 27.8 Å². The zero-order valence-corrected chi connectivity index (χ0v) is 55.0. The number of hydrogen-bond donors (Lipinski definition) is 5. The van der Waals surface area contributed by atoms with Crippen molar-refractivity contribution >= 4 is 51.1 Å². The highest BCUT2D eigenvalue weighted by atomic mass is 32.3. The Hall–Kier alpha value is -6.95. The van der Waals surface area contributed by atoms with Crippen LogP contribution in [0.2, 0.25) is 0 Å². The maximum atomic E-state index is 14.2. The highest BCUT2D eigenvalue weighted by Gasteiger charge is 2.52. The molecule has 8 N–H and O–H groups in total. The van der Waals surface area contributed by atoms with Gasteiger partial charge >= 0.3 is 10.2 Å². The van der Waals surface area contributed by atoms with Crippen LogP contribution in [0.15, 0.2) is 88.9 Å².